The molecule has 2 N–H and O–H groups in total. The maximum atomic E-state index is 11.4. The number of ether oxygens (including phenoxy) is 2. The smallest absolute Gasteiger partial charge is 0.338 e. The van der Waals surface area contributed by atoms with Crippen molar-refractivity contribution < 1.29 is 24.5 Å². The summed E-state index contributed by atoms with van der Waals surface area (Å²) in [5.74, 6) is -0.668. The van der Waals surface area contributed by atoms with Gasteiger partial charge in [-0.2, -0.15) is 0 Å². The van der Waals surface area contributed by atoms with Crippen molar-refractivity contribution in [3.05, 3.63) is 40.4 Å². The molecule has 1 aliphatic heterocycles. The van der Waals surface area contributed by atoms with Gasteiger partial charge in [0, 0.05) is 11.6 Å². The summed E-state index contributed by atoms with van der Waals surface area (Å²) in [5.41, 5.74) is 0.869. The van der Waals surface area contributed by atoms with Crippen LogP contribution in [0.15, 0.2) is 34.8 Å². The first kappa shape index (κ1) is 15.2. The van der Waals surface area contributed by atoms with Gasteiger partial charge in [0.05, 0.1) is 0 Å². The number of benzene rings is 1. The van der Waals surface area contributed by atoms with Crippen LogP contribution in [0.4, 0.5) is 0 Å². The maximum absolute atomic E-state index is 11.4. The van der Waals surface area contributed by atoms with Crippen molar-refractivity contribution in [1.82, 2.24) is 0 Å². The van der Waals surface area contributed by atoms with Crippen LogP contribution in [0, 0.1) is 0 Å². The highest BCUT2D eigenvalue weighted by Crippen LogP contribution is 2.23. The van der Waals surface area contributed by atoms with Crippen molar-refractivity contribution in [2.24, 2.45) is 0 Å². The van der Waals surface area contributed by atoms with Gasteiger partial charge in [-0.1, -0.05) is 46.3 Å². The third-order valence-corrected chi connectivity index (χ3v) is 3.82. The monoisotopic (exact) mass is 342 g/mol. The second kappa shape index (κ2) is 6.49. The highest BCUT2D eigenvalue weighted by molar-refractivity contribution is 9.10. The zero-order valence-corrected chi connectivity index (χ0v) is 12.4. The second-order valence-electron chi connectivity index (χ2n) is 4.42. The largest absolute Gasteiger partial charge is 0.454 e. The quantitative estimate of drug-likeness (QED) is 0.802. The molecule has 0 saturated carbocycles. The Kier molecular flexibility index (Phi) is 4.93. The van der Waals surface area contributed by atoms with Gasteiger partial charge in [-0.15, -0.1) is 0 Å². The van der Waals surface area contributed by atoms with E-state index >= 15 is 0 Å². The third-order valence-electron chi connectivity index (χ3n) is 3.10. The van der Waals surface area contributed by atoms with Crippen molar-refractivity contribution in [3.8, 4) is 0 Å². The fourth-order valence-electron chi connectivity index (χ4n) is 2.01. The number of rotatable bonds is 4. The molecule has 4 atom stereocenters. The molecule has 2 rings (SSSR count). The molecule has 1 aromatic rings. The Morgan fingerprint density at radius 3 is 2.75 bits per heavy atom. The zero-order valence-electron chi connectivity index (χ0n) is 10.8. The molecule has 20 heavy (non-hydrogen) atoms. The van der Waals surface area contributed by atoms with Crippen molar-refractivity contribution in [2.45, 2.75) is 24.4 Å². The molecule has 0 bridgehead atoms. The standard InChI is InChI=1S/C14H15BrO5/c1-19-13-11(17)12(20-14(13)18)10(16)7-6-8-4-2-3-5-9(8)15/h2-7,10-13,16-17H,1H3/t10-,11-,12+,13-/m1/s1. The topological polar surface area (TPSA) is 76.0 Å². The normalized spacial score (nSPS) is 27.8. The first-order valence-electron chi connectivity index (χ1n) is 6.06. The number of aliphatic hydroxyl groups excluding tert-OH is 2. The molecule has 6 heteroatoms. The third kappa shape index (κ3) is 3.09. The van der Waals surface area contributed by atoms with Crippen LogP contribution < -0.4 is 0 Å². The molecule has 5 nitrogen and oxygen atoms in total. The average molecular weight is 343 g/mol. The zero-order chi connectivity index (χ0) is 14.7. The van der Waals surface area contributed by atoms with Gasteiger partial charge in [0.2, 0.25) is 0 Å². The molecule has 0 radical (unpaired) electrons. The molecular weight excluding hydrogens is 328 g/mol. The van der Waals surface area contributed by atoms with Crippen LogP contribution in [0.5, 0.6) is 0 Å². The molecule has 0 aliphatic carbocycles. The number of cyclic esters (lactones) is 1. The lowest BCUT2D eigenvalue weighted by atomic mass is 10.0. The molecule has 1 aliphatic rings. The minimum Gasteiger partial charge on any atom is -0.454 e. The van der Waals surface area contributed by atoms with Gasteiger partial charge in [-0.3, -0.25) is 0 Å². The Bertz CT molecular complexity index is 516. The molecule has 0 spiro atoms. The average Bonchev–Trinajstić information content (AvgIpc) is 2.72. The molecular formula is C14H15BrO5. The predicted molar refractivity (Wildman–Crippen MR) is 75.9 cm³/mol. The SMILES string of the molecule is CO[C@H]1C(=O)O[C@@H]([C@H](O)C=Cc2ccccc2Br)[C@H]1O. The number of halogens is 1. The van der Waals surface area contributed by atoms with Gasteiger partial charge < -0.3 is 19.7 Å². The van der Waals surface area contributed by atoms with E-state index in [4.69, 9.17) is 9.47 Å². The van der Waals surface area contributed by atoms with Gasteiger partial charge in [0.1, 0.15) is 12.2 Å². The summed E-state index contributed by atoms with van der Waals surface area (Å²) < 4.78 is 10.6. The maximum Gasteiger partial charge on any atom is 0.338 e. The van der Waals surface area contributed by atoms with Crippen LogP contribution in [0.1, 0.15) is 5.56 Å². The van der Waals surface area contributed by atoms with Crippen molar-refractivity contribution in [3.63, 3.8) is 0 Å². The summed E-state index contributed by atoms with van der Waals surface area (Å²) in [5, 5.41) is 19.9. The molecule has 1 fully saturated rings. The number of hydrogen-bond acceptors (Lipinski definition) is 5. The lowest BCUT2D eigenvalue weighted by molar-refractivity contribution is -0.150. The Morgan fingerprint density at radius 1 is 1.45 bits per heavy atom. The molecule has 1 aromatic carbocycles. The fraction of sp³-hybridized carbons (Fsp3) is 0.357. The van der Waals surface area contributed by atoms with Crippen molar-refractivity contribution >= 4 is 28.0 Å². The summed E-state index contributed by atoms with van der Waals surface area (Å²) in [6.07, 6.45) is -1.21. The lowest BCUT2D eigenvalue weighted by Gasteiger charge is -2.17. The van der Waals surface area contributed by atoms with E-state index in [1.165, 1.54) is 13.2 Å². The van der Waals surface area contributed by atoms with Crippen molar-refractivity contribution in [2.75, 3.05) is 7.11 Å². The van der Waals surface area contributed by atoms with E-state index in [1.54, 1.807) is 6.08 Å². The van der Waals surface area contributed by atoms with E-state index in [0.717, 1.165) is 10.0 Å². The Morgan fingerprint density at radius 2 is 2.15 bits per heavy atom. The van der Waals surface area contributed by atoms with Crippen LogP contribution in [0.2, 0.25) is 0 Å². The highest BCUT2D eigenvalue weighted by Gasteiger charge is 2.46. The Labute approximate surface area is 125 Å². The molecule has 0 unspecified atom stereocenters. The van der Waals surface area contributed by atoms with Gasteiger partial charge >= 0.3 is 5.97 Å². The number of esters is 1. The van der Waals surface area contributed by atoms with Gasteiger partial charge in [0.25, 0.3) is 0 Å². The van der Waals surface area contributed by atoms with Gasteiger partial charge in [-0.05, 0) is 11.6 Å². The molecule has 108 valence electrons. The van der Waals surface area contributed by atoms with E-state index in [0.29, 0.717) is 0 Å². The summed E-state index contributed by atoms with van der Waals surface area (Å²) in [4.78, 5) is 11.4. The predicted octanol–water partition coefficient (Wildman–Crippen LogP) is 1.12. The Balaban J connectivity index is 2.08. The first-order valence-corrected chi connectivity index (χ1v) is 6.86. The summed E-state index contributed by atoms with van der Waals surface area (Å²) >= 11 is 3.38. The van der Waals surface area contributed by atoms with Gasteiger partial charge in [-0.25, -0.2) is 4.79 Å². The molecule has 1 heterocycles. The van der Waals surface area contributed by atoms with Crippen LogP contribution in [-0.2, 0) is 14.3 Å². The van der Waals surface area contributed by atoms with Crippen molar-refractivity contribution in [1.29, 1.82) is 0 Å². The van der Waals surface area contributed by atoms with E-state index in [9.17, 15) is 15.0 Å². The van der Waals surface area contributed by atoms with E-state index in [-0.39, 0.29) is 0 Å². The second-order valence-corrected chi connectivity index (χ2v) is 5.27. The summed E-state index contributed by atoms with van der Waals surface area (Å²) in [6, 6.07) is 7.48. The lowest BCUT2D eigenvalue weighted by Crippen LogP contribution is -2.38. The molecule has 0 aromatic heterocycles. The minimum absolute atomic E-state index is 0.668. The number of aliphatic hydroxyl groups is 2. The molecule has 0 amide bonds. The van der Waals surface area contributed by atoms with E-state index in [1.807, 2.05) is 24.3 Å². The van der Waals surface area contributed by atoms with E-state index < -0.39 is 30.4 Å². The first-order chi connectivity index (χ1) is 9.54. The van der Waals surface area contributed by atoms with Crippen LogP contribution in [-0.4, -0.2) is 47.7 Å². The fourth-order valence-corrected chi connectivity index (χ4v) is 2.43. The van der Waals surface area contributed by atoms with Gasteiger partial charge in [0.15, 0.2) is 12.2 Å². The number of carbonyl (C=O) groups is 1. The molecule has 1 saturated heterocycles. The number of methoxy groups -OCH3 is 1. The number of hydrogen-bond donors (Lipinski definition) is 2. The van der Waals surface area contributed by atoms with Crippen LogP contribution >= 0.6 is 15.9 Å². The summed E-state index contributed by atoms with van der Waals surface area (Å²) in [7, 11) is 1.31. The van der Waals surface area contributed by atoms with Crippen LogP contribution in [0.25, 0.3) is 6.08 Å². The minimum atomic E-state index is -1.19. The van der Waals surface area contributed by atoms with Crippen LogP contribution in [0.3, 0.4) is 0 Å². The highest BCUT2D eigenvalue weighted by atomic mass is 79.9. The Hall–Kier alpha value is -1.21. The van der Waals surface area contributed by atoms with E-state index in [2.05, 4.69) is 15.9 Å². The summed E-state index contributed by atoms with van der Waals surface area (Å²) in [6.45, 7) is 0. The number of carbonyl (C=O) groups excluding carboxylic acids is 1.